The fourth-order valence-corrected chi connectivity index (χ4v) is 2.09. The standard InChI is InChI=1S/C18H19NO/c1-2-3-6-13-20-18-8-5-4-7-17(18)16-11-9-15(14-19)10-12-16/h4-5,7-12H,2-3,6,13H2,1H3. The molecule has 0 atom stereocenters. The van der Waals surface area contributed by atoms with Gasteiger partial charge in [-0.1, -0.05) is 50.1 Å². The summed E-state index contributed by atoms with van der Waals surface area (Å²) < 4.78 is 5.89. The highest BCUT2D eigenvalue weighted by Crippen LogP contribution is 2.30. The Balaban J connectivity index is 2.16. The van der Waals surface area contributed by atoms with Crippen LogP contribution in [0, 0.1) is 11.3 Å². The molecular formula is C18H19NO. The quantitative estimate of drug-likeness (QED) is 0.703. The minimum Gasteiger partial charge on any atom is -0.493 e. The Morgan fingerprint density at radius 1 is 1.00 bits per heavy atom. The van der Waals surface area contributed by atoms with E-state index in [1.165, 1.54) is 12.8 Å². The van der Waals surface area contributed by atoms with Gasteiger partial charge in [-0.15, -0.1) is 0 Å². The SMILES string of the molecule is CCCCCOc1ccccc1-c1ccc(C#N)cc1. The largest absolute Gasteiger partial charge is 0.493 e. The zero-order valence-corrected chi connectivity index (χ0v) is 11.8. The molecule has 0 aliphatic heterocycles. The summed E-state index contributed by atoms with van der Waals surface area (Å²) in [5.74, 6) is 0.910. The van der Waals surface area contributed by atoms with Crippen molar-refractivity contribution in [1.29, 1.82) is 5.26 Å². The van der Waals surface area contributed by atoms with Gasteiger partial charge in [-0.3, -0.25) is 0 Å². The number of nitrogens with zero attached hydrogens (tertiary/aromatic N) is 1. The second-order valence-corrected chi connectivity index (χ2v) is 4.74. The molecule has 2 nitrogen and oxygen atoms in total. The Kier molecular flexibility index (Phi) is 5.20. The molecule has 0 unspecified atom stereocenters. The van der Waals surface area contributed by atoms with Crippen LogP contribution in [0.2, 0.25) is 0 Å². The number of benzene rings is 2. The summed E-state index contributed by atoms with van der Waals surface area (Å²) in [6.45, 7) is 2.94. The third-order valence-electron chi connectivity index (χ3n) is 3.22. The zero-order valence-electron chi connectivity index (χ0n) is 11.8. The summed E-state index contributed by atoms with van der Waals surface area (Å²) in [6.07, 6.45) is 3.47. The van der Waals surface area contributed by atoms with E-state index < -0.39 is 0 Å². The van der Waals surface area contributed by atoms with Crippen molar-refractivity contribution >= 4 is 0 Å². The van der Waals surface area contributed by atoms with Crippen molar-refractivity contribution in [3.05, 3.63) is 54.1 Å². The van der Waals surface area contributed by atoms with Crippen molar-refractivity contribution in [3.63, 3.8) is 0 Å². The molecule has 0 N–H and O–H groups in total. The molecule has 0 saturated heterocycles. The first kappa shape index (κ1) is 14.1. The van der Waals surface area contributed by atoms with Crippen LogP contribution in [0.15, 0.2) is 48.5 Å². The van der Waals surface area contributed by atoms with Crippen molar-refractivity contribution in [1.82, 2.24) is 0 Å². The number of hydrogen-bond donors (Lipinski definition) is 0. The Morgan fingerprint density at radius 3 is 2.45 bits per heavy atom. The molecule has 2 aromatic carbocycles. The number of unbranched alkanes of at least 4 members (excludes halogenated alkanes) is 2. The molecule has 0 heterocycles. The lowest BCUT2D eigenvalue weighted by molar-refractivity contribution is 0.307. The van der Waals surface area contributed by atoms with Crippen molar-refractivity contribution in [2.75, 3.05) is 6.61 Å². The normalized spacial score (nSPS) is 10.0. The molecule has 0 saturated carbocycles. The lowest BCUT2D eigenvalue weighted by atomic mass is 10.0. The van der Waals surface area contributed by atoms with Crippen LogP contribution in [0.25, 0.3) is 11.1 Å². The first-order valence-corrected chi connectivity index (χ1v) is 7.07. The van der Waals surface area contributed by atoms with Gasteiger partial charge in [0.2, 0.25) is 0 Å². The number of hydrogen-bond acceptors (Lipinski definition) is 2. The smallest absolute Gasteiger partial charge is 0.127 e. The Morgan fingerprint density at radius 2 is 1.75 bits per heavy atom. The predicted octanol–water partition coefficient (Wildman–Crippen LogP) is 4.79. The molecule has 102 valence electrons. The first-order valence-electron chi connectivity index (χ1n) is 7.07. The number of ether oxygens (including phenoxy) is 1. The molecule has 0 bridgehead atoms. The number of nitriles is 1. The molecule has 0 spiro atoms. The maximum Gasteiger partial charge on any atom is 0.127 e. The highest BCUT2D eigenvalue weighted by Gasteiger charge is 2.05. The van der Waals surface area contributed by atoms with Gasteiger partial charge in [-0.05, 0) is 30.2 Å². The Labute approximate surface area is 120 Å². The monoisotopic (exact) mass is 265 g/mol. The van der Waals surface area contributed by atoms with Gasteiger partial charge < -0.3 is 4.74 Å². The van der Waals surface area contributed by atoms with Gasteiger partial charge in [-0.2, -0.15) is 5.26 Å². The van der Waals surface area contributed by atoms with E-state index in [9.17, 15) is 0 Å². The van der Waals surface area contributed by atoms with Crippen LogP contribution in [0.4, 0.5) is 0 Å². The van der Waals surface area contributed by atoms with Crippen LogP contribution in [-0.2, 0) is 0 Å². The van der Waals surface area contributed by atoms with Crippen LogP contribution in [0.5, 0.6) is 5.75 Å². The van der Waals surface area contributed by atoms with Crippen molar-refractivity contribution in [3.8, 4) is 22.9 Å². The summed E-state index contributed by atoms with van der Waals surface area (Å²) in [5.41, 5.74) is 2.83. The van der Waals surface area contributed by atoms with E-state index in [1.54, 1.807) is 0 Å². The van der Waals surface area contributed by atoms with E-state index >= 15 is 0 Å². The van der Waals surface area contributed by atoms with Gasteiger partial charge in [0.25, 0.3) is 0 Å². The lowest BCUT2D eigenvalue weighted by Gasteiger charge is -2.11. The minimum atomic E-state index is 0.676. The van der Waals surface area contributed by atoms with Crippen LogP contribution >= 0.6 is 0 Å². The Bertz CT molecular complexity index is 581. The van der Waals surface area contributed by atoms with Crippen LogP contribution in [-0.4, -0.2) is 6.61 Å². The van der Waals surface area contributed by atoms with E-state index in [-0.39, 0.29) is 0 Å². The molecule has 2 aromatic rings. The van der Waals surface area contributed by atoms with E-state index in [0.29, 0.717) is 5.56 Å². The third-order valence-corrected chi connectivity index (χ3v) is 3.22. The predicted molar refractivity (Wildman–Crippen MR) is 81.6 cm³/mol. The number of rotatable bonds is 6. The van der Waals surface area contributed by atoms with Gasteiger partial charge in [0, 0.05) is 5.56 Å². The van der Waals surface area contributed by atoms with Crippen molar-refractivity contribution in [2.24, 2.45) is 0 Å². The maximum atomic E-state index is 8.85. The average Bonchev–Trinajstić information content (AvgIpc) is 2.52. The summed E-state index contributed by atoms with van der Waals surface area (Å²) >= 11 is 0. The molecule has 0 aliphatic carbocycles. The fourth-order valence-electron chi connectivity index (χ4n) is 2.09. The third kappa shape index (κ3) is 3.61. The zero-order chi connectivity index (χ0) is 14.2. The lowest BCUT2D eigenvalue weighted by Crippen LogP contribution is -1.98. The van der Waals surface area contributed by atoms with Crippen molar-refractivity contribution in [2.45, 2.75) is 26.2 Å². The summed E-state index contributed by atoms with van der Waals surface area (Å²) in [6, 6.07) is 17.8. The van der Waals surface area contributed by atoms with E-state index in [2.05, 4.69) is 19.1 Å². The van der Waals surface area contributed by atoms with E-state index in [4.69, 9.17) is 10.00 Å². The molecule has 0 radical (unpaired) electrons. The second kappa shape index (κ2) is 7.35. The van der Waals surface area contributed by atoms with Crippen LogP contribution in [0.3, 0.4) is 0 Å². The molecule has 0 amide bonds. The van der Waals surface area contributed by atoms with Crippen LogP contribution < -0.4 is 4.74 Å². The molecular weight excluding hydrogens is 246 g/mol. The summed E-state index contributed by atoms with van der Waals surface area (Å²) in [7, 11) is 0. The average molecular weight is 265 g/mol. The van der Waals surface area contributed by atoms with Crippen LogP contribution in [0.1, 0.15) is 31.7 Å². The molecule has 0 fully saturated rings. The topological polar surface area (TPSA) is 33.0 Å². The molecule has 20 heavy (non-hydrogen) atoms. The van der Waals surface area contributed by atoms with E-state index in [1.807, 2.05) is 42.5 Å². The van der Waals surface area contributed by atoms with Crippen molar-refractivity contribution < 1.29 is 4.74 Å². The van der Waals surface area contributed by atoms with Gasteiger partial charge in [0.1, 0.15) is 5.75 Å². The highest BCUT2D eigenvalue weighted by molar-refractivity contribution is 5.70. The van der Waals surface area contributed by atoms with Gasteiger partial charge in [0.15, 0.2) is 0 Å². The van der Waals surface area contributed by atoms with Gasteiger partial charge in [-0.25, -0.2) is 0 Å². The molecule has 0 aliphatic rings. The highest BCUT2D eigenvalue weighted by atomic mass is 16.5. The first-order chi connectivity index (χ1) is 9.85. The molecule has 0 aromatic heterocycles. The Hall–Kier alpha value is -2.27. The fraction of sp³-hybridized carbons (Fsp3) is 0.278. The molecule has 2 heteroatoms. The molecule has 2 rings (SSSR count). The second-order valence-electron chi connectivity index (χ2n) is 4.74. The summed E-state index contributed by atoms with van der Waals surface area (Å²) in [5, 5.41) is 8.85. The number of para-hydroxylation sites is 1. The summed E-state index contributed by atoms with van der Waals surface area (Å²) in [4.78, 5) is 0. The van der Waals surface area contributed by atoms with Gasteiger partial charge >= 0.3 is 0 Å². The minimum absolute atomic E-state index is 0.676. The van der Waals surface area contributed by atoms with Gasteiger partial charge in [0.05, 0.1) is 18.2 Å². The van der Waals surface area contributed by atoms with E-state index in [0.717, 1.165) is 29.9 Å². The maximum absolute atomic E-state index is 8.85.